The molecule has 208 valence electrons. The van der Waals surface area contributed by atoms with Crippen LogP contribution >= 0.6 is 0 Å². The second-order valence-corrected chi connectivity index (χ2v) is 12.0. The van der Waals surface area contributed by atoms with Crippen LogP contribution in [0.25, 0.3) is 0 Å². The van der Waals surface area contributed by atoms with E-state index in [1.54, 1.807) is 12.3 Å². The molecule has 0 unspecified atom stereocenters. The normalized spacial score (nSPS) is 18.1. The maximum absolute atomic E-state index is 14.2. The van der Waals surface area contributed by atoms with E-state index in [2.05, 4.69) is 4.98 Å². The number of hydrogen-bond donors (Lipinski definition) is 0. The number of nitriles is 1. The number of carbonyl (C=O) groups excluding carboxylic acids is 1. The molecule has 0 spiro atoms. The molecule has 1 aliphatic heterocycles. The minimum absolute atomic E-state index is 0.0264. The Morgan fingerprint density at radius 2 is 1.82 bits per heavy atom. The predicted octanol–water partition coefficient (Wildman–Crippen LogP) is 5.41. The lowest BCUT2D eigenvalue weighted by atomic mass is 9.85. The molecule has 1 saturated heterocycles. The van der Waals surface area contributed by atoms with Gasteiger partial charge in [-0.2, -0.15) is 9.57 Å². The van der Waals surface area contributed by atoms with Crippen molar-refractivity contribution in [1.29, 1.82) is 5.26 Å². The zero-order chi connectivity index (χ0) is 28.4. The Morgan fingerprint density at radius 3 is 2.45 bits per heavy atom. The first-order valence-corrected chi connectivity index (χ1v) is 14.6. The van der Waals surface area contributed by atoms with Gasteiger partial charge in [0, 0.05) is 18.4 Å². The molecule has 3 aromatic rings. The summed E-state index contributed by atoms with van der Waals surface area (Å²) in [4.78, 5) is 19.0. The van der Waals surface area contributed by atoms with E-state index in [9.17, 15) is 26.4 Å². The van der Waals surface area contributed by atoms with Gasteiger partial charge in [-0.3, -0.25) is 9.78 Å². The Labute approximate surface area is 230 Å². The first-order chi connectivity index (χ1) is 19.2. The number of aromatic nitrogens is 1. The smallest absolute Gasteiger partial charge is 0.245 e. The van der Waals surface area contributed by atoms with Gasteiger partial charge in [-0.25, -0.2) is 21.6 Å². The molecule has 40 heavy (non-hydrogen) atoms. The molecule has 1 amide bonds. The molecule has 5 rings (SSSR count). The maximum Gasteiger partial charge on any atom is 0.245 e. The minimum atomic E-state index is -4.44. The molecular formula is C29H27F3N4O3S. The molecule has 1 atom stereocenters. The van der Waals surface area contributed by atoms with Crippen LogP contribution in [0.5, 0.6) is 0 Å². The van der Waals surface area contributed by atoms with Crippen LogP contribution < -0.4 is 4.90 Å². The fourth-order valence-corrected chi connectivity index (χ4v) is 6.98. The fourth-order valence-electron chi connectivity index (χ4n) is 5.32. The van der Waals surface area contributed by atoms with Gasteiger partial charge in [0.2, 0.25) is 15.9 Å². The van der Waals surface area contributed by atoms with E-state index in [1.165, 1.54) is 48.4 Å². The molecule has 1 aliphatic carbocycles. The number of pyridine rings is 1. The Hall–Kier alpha value is -3.75. The standard InChI is InChI=1S/C29H27F3N4O3S/c30-22-7-4-8-24(14-22)35(18-23-10-9-20(17-34-23)19-5-2-1-3-6-19)29(37)27-11-12-36(27)40(38,39)25-13-21(16-33)28(32)26(31)15-25/h4,7-10,13-15,17,19,27H,1-3,5-6,11-12,18H2/t27-/m1/s1. The van der Waals surface area contributed by atoms with Crippen molar-refractivity contribution < 1.29 is 26.4 Å². The quantitative estimate of drug-likeness (QED) is 0.380. The lowest BCUT2D eigenvalue weighted by Gasteiger charge is -2.41. The zero-order valence-corrected chi connectivity index (χ0v) is 22.4. The van der Waals surface area contributed by atoms with Crippen LogP contribution in [0.3, 0.4) is 0 Å². The lowest BCUT2D eigenvalue weighted by Crippen LogP contribution is -2.59. The highest BCUT2D eigenvalue weighted by Crippen LogP contribution is 2.34. The molecule has 1 saturated carbocycles. The molecule has 11 heteroatoms. The van der Waals surface area contributed by atoms with Gasteiger partial charge >= 0.3 is 0 Å². The third kappa shape index (κ3) is 5.46. The molecular weight excluding hydrogens is 541 g/mol. The highest BCUT2D eigenvalue weighted by atomic mass is 32.2. The number of nitrogens with zero attached hydrogens (tertiary/aromatic N) is 4. The van der Waals surface area contributed by atoms with Crippen molar-refractivity contribution in [1.82, 2.24) is 9.29 Å². The summed E-state index contributed by atoms with van der Waals surface area (Å²) in [5.74, 6) is -3.66. The summed E-state index contributed by atoms with van der Waals surface area (Å²) >= 11 is 0. The Balaban J connectivity index is 1.42. The molecule has 1 aromatic heterocycles. The number of anilines is 1. The Kier molecular flexibility index (Phi) is 7.92. The highest BCUT2D eigenvalue weighted by molar-refractivity contribution is 7.89. The van der Waals surface area contributed by atoms with Gasteiger partial charge in [0.15, 0.2) is 11.6 Å². The maximum atomic E-state index is 14.2. The fraction of sp³-hybridized carbons (Fsp3) is 0.345. The summed E-state index contributed by atoms with van der Waals surface area (Å²) in [6.45, 7) is -0.0632. The summed E-state index contributed by atoms with van der Waals surface area (Å²) in [7, 11) is -4.44. The van der Waals surface area contributed by atoms with Gasteiger partial charge in [0.1, 0.15) is 17.9 Å². The van der Waals surface area contributed by atoms with Crippen LogP contribution in [0.1, 0.15) is 61.3 Å². The van der Waals surface area contributed by atoms with Gasteiger partial charge in [-0.05, 0) is 67.1 Å². The van der Waals surface area contributed by atoms with Crippen LogP contribution in [-0.2, 0) is 21.4 Å². The number of halogens is 3. The predicted molar refractivity (Wildman–Crippen MR) is 141 cm³/mol. The molecule has 7 nitrogen and oxygen atoms in total. The molecule has 2 aliphatic rings. The van der Waals surface area contributed by atoms with Crippen LogP contribution in [0.2, 0.25) is 0 Å². The summed E-state index contributed by atoms with van der Waals surface area (Å²) in [6.07, 6.45) is 7.77. The van der Waals surface area contributed by atoms with Gasteiger partial charge in [0.25, 0.3) is 0 Å². The zero-order valence-electron chi connectivity index (χ0n) is 21.6. The van der Waals surface area contributed by atoms with Gasteiger partial charge in [-0.15, -0.1) is 0 Å². The summed E-state index contributed by atoms with van der Waals surface area (Å²) in [5, 5.41) is 9.07. The number of amides is 1. The third-order valence-corrected chi connectivity index (χ3v) is 9.50. The summed E-state index contributed by atoms with van der Waals surface area (Å²) < 4.78 is 69.5. The molecule has 2 fully saturated rings. The highest BCUT2D eigenvalue weighted by Gasteiger charge is 2.45. The molecule has 2 aromatic carbocycles. The monoisotopic (exact) mass is 568 g/mol. The van der Waals surface area contributed by atoms with E-state index in [1.807, 2.05) is 12.1 Å². The first kappa shape index (κ1) is 27.8. The van der Waals surface area contributed by atoms with Crippen LogP contribution in [0.4, 0.5) is 18.9 Å². The van der Waals surface area contributed by atoms with Crippen LogP contribution in [-0.4, -0.2) is 36.2 Å². The van der Waals surface area contributed by atoms with Crippen molar-refractivity contribution in [2.24, 2.45) is 0 Å². The Morgan fingerprint density at radius 1 is 1.05 bits per heavy atom. The van der Waals surface area contributed by atoms with E-state index >= 15 is 0 Å². The number of carbonyl (C=O) groups is 1. The number of sulfonamides is 1. The Bertz CT molecular complexity index is 1570. The first-order valence-electron chi connectivity index (χ1n) is 13.1. The van der Waals surface area contributed by atoms with E-state index in [0.29, 0.717) is 17.7 Å². The van der Waals surface area contributed by atoms with E-state index < -0.39 is 49.9 Å². The largest absolute Gasteiger partial charge is 0.305 e. The number of rotatable bonds is 7. The summed E-state index contributed by atoms with van der Waals surface area (Å²) in [6, 6.07) is 10.7. The van der Waals surface area contributed by atoms with Crippen molar-refractivity contribution in [3.63, 3.8) is 0 Å². The van der Waals surface area contributed by atoms with Crippen molar-refractivity contribution >= 4 is 21.6 Å². The number of benzene rings is 2. The van der Waals surface area contributed by atoms with Crippen LogP contribution in [0.15, 0.2) is 59.6 Å². The van der Waals surface area contributed by atoms with Gasteiger partial charge in [-0.1, -0.05) is 31.4 Å². The average molecular weight is 569 g/mol. The average Bonchev–Trinajstić information content (AvgIpc) is 2.93. The molecule has 0 N–H and O–H groups in total. The van der Waals surface area contributed by atoms with Gasteiger partial charge in [0.05, 0.1) is 22.7 Å². The lowest BCUT2D eigenvalue weighted by molar-refractivity contribution is -0.125. The second kappa shape index (κ2) is 11.4. The van der Waals surface area contributed by atoms with Crippen molar-refractivity contribution in [3.8, 4) is 6.07 Å². The van der Waals surface area contributed by atoms with Crippen molar-refractivity contribution in [3.05, 3.63) is 89.0 Å². The molecule has 2 heterocycles. The van der Waals surface area contributed by atoms with E-state index in [-0.39, 0.29) is 25.2 Å². The third-order valence-electron chi connectivity index (χ3n) is 7.61. The second-order valence-electron chi connectivity index (χ2n) is 10.1. The number of hydrogen-bond acceptors (Lipinski definition) is 5. The SMILES string of the molecule is N#Cc1cc(S(=O)(=O)N2CC[C@@H]2C(=O)N(Cc2ccc(C3CCCCC3)cn2)c2cccc(F)c2)cc(F)c1F. The van der Waals surface area contributed by atoms with Crippen molar-refractivity contribution in [2.45, 2.75) is 61.9 Å². The van der Waals surface area contributed by atoms with E-state index in [4.69, 9.17) is 5.26 Å². The van der Waals surface area contributed by atoms with Gasteiger partial charge < -0.3 is 4.90 Å². The van der Waals surface area contributed by atoms with Crippen LogP contribution in [0, 0.1) is 28.8 Å². The molecule has 0 radical (unpaired) electrons. The molecule has 0 bridgehead atoms. The topological polar surface area (TPSA) is 94.4 Å². The van der Waals surface area contributed by atoms with E-state index in [0.717, 1.165) is 28.8 Å². The summed E-state index contributed by atoms with van der Waals surface area (Å²) in [5.41, 5.74) is 1.15. The minimum Gasteiger partial charge on any atom is -0.305 e. The van der Waals surface area contributed by atoms with Crippen molar-refractivity contribution in [2.75, 3.05) is 11.4 Å².